The summed E-state index contributed by atoms with van der Waals surface area (Å²) in [6.45, 7) is 4.34. The van der Waals surface area contributed by atoms with Gasteiger partial charge in [0.1, 0.15) is 10.7 Å². The lowest BCUT2D eigenvalue weighted by Crippen LogP contribution is -2.33. The van der Waals surface area contributed by atoms with Crippen LogP contribution in [-0.4, -0.2) is 19.4 Å². The highest BCUT2D eigenvalue weighted by molar-refractivity contribution is 7.90. The molecule has 1 unspecified atom stereocenters. The Labute approximate surface area is 165 Å². The smallest absolute Gasteiger partial charge is 0.286 e. The van der Waals surface area contributed by atoms with Crippen LogP contribution in [-0.2, 0) is 15.4 Å². The quantitative estimate of drug-likeness (QED) is 0.760. The first-order valence-electron chi connectivity index (χ1n) is 9.59. The fourth-order valence-corrected chi connectivity index (χ4v) is 5.32. The van der Waals surface area contributed by atoms with Gasteiger partial charge in [-0.05, 0) is 36.0 Å². The van der Waals surface area contributed by atoms with Crippen LogP contribution in [0.3, 0.4) is 0 Å². The average molecular weight is 397 g/mol. The molecule has 2 aliphatic rings. The van der Waals surface area contributed by atoms with Crippen molar-refractivity contribution in [3.05, 3.63) is 65.2 Å². The van der Waals surface area contributed by atoms with Crippen molar-refractivity contribution in [3.8, 4) is 0 Å². The highest BCUT2D eigenvalue weighted by atomic mass is 32.2. The fraction of sp³-hybridized carbons (Fsp3) is 0.318. The molecule has 1 aliphatic heterocycles. The Morgan fingerprint density at radius 2 is 1.86 bits per heavy atom. The third kappa shape index (κ3) is 3.02. The molecule has 2 aromatic rings. The molecule has 2 N–H and O–H groups in total. The second kappa shape index (κ2) is 6.78. The van der Waals surface area contributed by atoms with E-state index in [1.165, 1.54) is 6.07 Å². The standard InChI is InChI=1S/C22H24N2O3S/c1-3-4-13-22(2)14-16(20(25)15-9-5-6-10-17(15)22)21-23-18-11-7-8-12-19(18)28(26,27)24-21/h5-12,25H,3-4,13-14H2,1-2H3,(H,23,24). The number of rotatable bonds is 4. The number of para-hydroxylation sites is 1. The predicted molar refractivity (Wildman–Crippen MR) is 112 cm³/mol. The minimum atomic E-state index is -3.82. The molecule has 1 atom stereocenters. The van der Waals surface area contributed by atoms with Crippen molar-refractivity contribution in [3.63, 3.8) is 0 Å². The van der Waals surface area contributed by atoms with E-state index in [1.807, 2.05) is 18.2 Å². The molecule has 0 bridgehead atoms. The molecule has 0 spiro atoms. The van der Waals surface area contributed by atoms with Gasteiger partial charge in [0.15, 0.2) is 5.84 Å². The number of sulfonamides is 1. The molecule has 0 amide bonds. The second-order valence-electron chi connectivity index (χ2n) is 7.75. The molecule has 0 saturated heterocycles. The second-order valence-corrected chi connectivity index (χ2v) is 9.32. The molecule has 4 rings (SSSR count). The normalized spacial score (nSPS) is 22.7. The molecule has 1 aliphatic carbocycles. The Hall–Kier alpha value is -2.60. The number of amidine groups is 1. The summed E-state index contributed by atoms with van der Waals surface area (Å²) in [6.07, 6.45) is 3.61. The van der Waals surface area contributed by atoms with Gasteiger partial charge in [0.05, 0.1) is 5.69 Å². The number of unbranched alkanes of at least 4 members (excludes halogenated alkanes) is 1. The number of nitrogens with zero attached hydrogens (tertiary/aromatic N) is 1. The summed E-state index contributed by atoms with van der Waals surface area (Å²) in [6, 6.07) is 14.5. The Morgan fingerprint density at radius 3 is 2.64 bits per heavy atom. The van der Waals surface area contributed by atoms with Crippen LogP contribution in [0.25, 0.3) is 5.76 Å². The molecular formula is C22H24N2O3S. The van der Waals surface area contributed by atoms with Gasteiger partial charge in [0, 0.05) is 11.1 Å². The van der Waals surface area contributed by atoms with Crippen LogP contribution in [0.1, 0.15) is 50.7 Å². The van der Waals surface area contributed by atoms with Crippen LogP contribution < -0.4 is 5.32 Å². The van der Waals surface area contributed by atoms with E-state index in [1.54, 1.807) is 18.2 Å². The van der Waals surface area contributed by atoms with E-state index in [0.29, 0.717) is 17.7 Å². The lowest BCUT2D eigenvalue weighted by Gasteiger charge is -2.38. The number of anilines is 1. The first-order chi connectivity index (χ1) is 13.4. The van der Waals surface area contributed by atoms with E-state index in [2.05, 4.69) is 29.6 Å². The van der Waals surface area contributed by atoms with Crippen molar-refractivity contribution >= 4 is 27.3 Å². The van der Waals surface area contributed by atoms with Gasteiger partial charge in [-0.15, -0.1) is 4.40 Å². The lowest BCUT2D eigenvalue weighted by molar-refractivity contribution is 0.396. The Kier molecular flexibility index (Phi) is 4.54. The van der Waals surface area contributed by atoms with Gasteiger partial charge < -0.3 is 10.4 Å². The maximum Gasteiger partial charge on any atom is 0.286 e. The van der Waals surface area contributed by atoms with E-state index in [-0.39, 0.29) is 21.9 Å². The summed E-state index contributed by atoms with van der Waals surface area (Å²) in [5.74, 6) is 0.318. The molecular weight excluding hydrogens is 372 g/mol. The molecule has 0 radical (unpaired) electrons. The van der Waals surface area contributed by atoms with E-state index in [4.69, 9.17) is 0 Å². The summed E-state index contributed by atoms with van der Waals surface area (Å²) < 4.78 is 29.4. The van der Waals surface area contributed by atoms with Gasteiger partial charge in [-0.25, -0.2) is 0 Å². The van der Waals surface area contributed by atoms with Crippen molar-refractivity contribution in [2.24, 2.45) is 4.40 Å². The molecule has 0 aromatic heterocycles. The van der Waals surface area contributed by atoms with Gasteiger partial charge >= 0.3 is 0 Å². The van der Waals surface area contributed by atoms with Gasteiger partial charge in [-0.2, -0.15) is 8.42 Å². The van der Waals surface area contributed by atoms with Crippen LogP contribution >= 0.6 is 0 Å². The first-order valence-corrected chi connectivity index (χ1v) is 11.0. The zero-order chi connectivity index (χ0) is 19.9. The molecule has 28 heavy (non-hydrogen) atoms. The molecule has 1 heterocycles. The first kappa shape index (κ1) is 18.7. The number of nitrogens with one attached hydrogen (secondary N) is 1. The number of benzene rings is 2. The monoisotopic (exact) mass is 396 g/mol. The van der Waals surface area contributed by atoms with Gasteiger partial charge in [-0.3, -0.25) is 0 Å². The summed E-state index contributed by atoms with van der Waals surface area (Å²) in [5.41, 5.74) is 2.70. The summed E-state index contributed by atoms with van der Waals surface area (Å²) in [7, 11) is -3.82. The number of hydrogen-bond acceptors (Lipinski definition) is 4. The summed E-state index contributed by atoms with van der Waals surface area (Å²) in [4.78, 5) is 0.156. The van der Waals surface area contributed by atoms with Crippen molar-refractivity contribution in [1.82, 2.24) is 0 Å². The molecule has 0 saturated carbocycles. The predicted octanol–water partition coefficient (Wildman–Crippen LogP) is 5.02. The molecule has 5 nitrogen and oxygen atoms in total. The SMILES string of the molecule is CCCCC1(C)CC(C2=NS(=O)(=O)c3ccccc3N2)=C(O)c2ccccc21. The third-order valence-corrected chi connectivity index (χ3v) is 7.02. The average Bonchev–Trinajstić information content (AvgIpc) is 2.69. The molecule has 0 fully saturated rings. The van der Waals surface area contributed by atoms with E-state index in [9.17, 15) is 13.5 Å². The number of hydrogen-bond donors (Lipinski definition) is 2. The highest BCUT2D eigenvalue weighted by Crippen LogP contribution is 2.46. The number of aliphatic hydroxyl groups excluding tert-OH is 1. The van der Waals surface area contributed by atoms with Crippen molar-refractivity contribution in [2.75, 3.05) is 5.32 Å². The zero-order valence-corrected chi connectivity index (χ0v) is 16.9. The van der Waals surface area contributed by atoms with Crippen LogP contribution in [0, 0.1) is 0 Å². The van der Waals surface area contributed by atoms with Crippen LogP contribution in [0.5, 0.6) is 0 Å². The van der Waals surface area contributed by atoms with Crippen molar-refractivity contribution in [1.29, 1.82) is 0 Å². The molecule has 2 aromatic carbocycles. The van der Waals surface area contributed by atoms with Gasteiger partial charge in [-0.1, -0.05) is 63.1 Å². The largest absolute Gasteiger partial charge is 0.507 e. The fourth-order valence-electron chi connectivity index (χ4n) is 4.18. The van der Waals surface area contributed by atoms with E-state index >= 15 is 0 Å². The molecule has 146 valence electrons. The number of fused-ring (bicyclic) bond motifs is 2. The zero-order valence-electron chi connectivity index (χ0n) is 16.1. The Morgan fingerprint density at radius 1 is 1.14 bits per heavy atom. The van der Waals surface area contributed by atoms with Gasteiger partial charge in [0.25, 0.3) is 10.0 Å². The minimum Gasteiger partial charge on any atom is -0.507 e. The maximum atomic E-state index is 12.7. The van der Waals surface area contributed by atoms with Crippen LogP contribution in [0.4, 0.5) is 5.69 Å². The minimum absolute atomic E-state index is 0.102. The Balaban J connectivity index is 1.86. The third-order valence-electron chi connectivity index (χ3n) is 5.68. The molecule has 6 heteroatoms. The van der Waals surface area contributed by atoms with Crippen LogP contribution in [0.2, 0.25) is 0 Å². The number of aliphatic hydroxyl groups is 1. The maximum absolute atomic E-state index is 12.7. The van der Waals surface area contributed by atoms with Gasteiger partial charge in [0.2, 0.25) is 0 Å². The van der Waals surface area contributed by atoms with Crippen molar-refractivity contribution < 1.29 is 13.5 Å². The Bertz CT molecular complexity index is 1100. The summed E-state index contributed by atoms with van der Waals surface area (Å²) in [5, 5.41) is 14.1. The topological polar surface area (TPSA) is 78.8 Å². The van der Waals surface area contributed by atoms with E-state index < -0.39 is 10.0 Å². The lowest BCUT2D eigenvalue weighted by atomic mass is 9.68. The highest BCUT2D eigenvalue weighted by Gasteiger charge is 2.39. The van der Waals surface area contributed by atoms with Crippen molar-refractivity contribution in [2.45, 2.75) is 49.8 Å². The summed E-state index contributed by atoms with van der Waals surface area (Å²) >= 11 is 0. The van der Waals surface area contributed by atoms with E-state index in [0.717, 1.165) is 30.4 Å². The van der Waals surface area contributed by atoms with Crippen LogP contribution in [0.15, 0.2) is 63.4 Å².